The smallest absolute Gasteiger partial charge is 0.267 e. The average molecular weight is 341 g/mol. The van der Waals surface area contributed by atoms with E-state index in [2.05, 4.69) is 15.0 Å². The maximum atomic E-state index is 12.4. The van der Waals surface area contributed by atoms with Crippen LogP contribution < -0.4 is 16.0 Å². The van der Waals surface area contributed by atoms with Gasteiger partial charge >= 0.3 is 0 Å². The Morgan fingerprint density at radius 2 is 1.96 bits per heavy atom. The number of anilines is 1. The molecule has 4 rings (SSSR count). The van der Waals surface area contributed by atoms with Gasteiger partial charge in [-0.15, -0.1) is 0 Å². The molecule has 1 fully saturated rings. The van der Waals surface area contributed by atoms with Gasteiger partial charge in [-0.1, -0.05) is 0 Å². The lowest BCUT2D eigenvalue weighted by Crippen LogP contribution is -2.38. The Kier molecular flexibility index (Phi) is 4.15. The molecule has 0 radical (unpaired) electrons. The van der Waals surface area contributed by atoms with E-state index in [4.69, 9.17) is 0 Å². The second kappa shape index (κ2) is 6.46. The zero-order valence-corrected chi connectivity index (χ0v) is 14.5. The van der Waals surface area contributed by atoms with Crippen molar-refractivity contribution in [2.75, 3.05) is 11.4 Å². The van der Waals surface area contributed by atoms with Gasteiger partial charge in [0.1, 0.15) is 5.82 Å². The molecule has 0 spiro atoms. The standard InChI is InChI=1S/C18H23N5O2/c1-21-12-19-16(10-17(21)24)22-8-4-6-14(22)11-23-18(25)9-13-5-2-3-7-15(13)20-23/h9-10,12,14H,2-8,11H2,1H3. The molecule has 0 saturated carbocycles. The Morgan fingerprint density at radius 3 is 2.80 bits per heavy atom. The van der Waals surface area contributed by atoms with E-state index < -0.39 is 0 Å². The third-order valence-corrected chi connectivity index (χ3v) is 5.29. The molecule has 2 aliphatic rings. The summed E-state index contributed by atoms with van der Waals surface area (Å²) in [4.78, 5) is 30.9. The molecule has 0 bridgehead atoms. The Balaban J connectivity index is 1.60. The maximum Gasteiger partial charge on any atom is 0.267 e. The van der Waals surface area contributed by atoms with Gasteiger partial charge < -0.3 is 9.47 Å². The molecule has 7 nitrogen and oxygen atoms in total. The maximum absolute atomic E-state index is 12.4. The fourth-order valence-electron chi connectivity index (χ4n) is 3.87. The third-order valence-electron chi connectivity index (χ3n) is 5.29. The predicted octanol–water partition coefficient (Wildman–Crippen LogP) is 0.885. The zero-order chi connectivity index (χ0) is 17.4. The molecule has 132 valence electrons. The van der Waals surface area contributed by atoms with Crippen LogP contribution in [0.25, 0.3) is 0 Å². The van der Waals surface area contributed by atoms with Gasteiger partial charge in [0.2, 0.25) is 0 Å². The number of hydrogen-bond donors (Lipinski definition) is 0. The fraction of sp³-hybridized carbons (Fsp3) is 0.556. The first kappa shape index (κ1) is 16.1. The summed E-state index contributed by atoms with van der Waals surface area (Å²) in [6, 6.07) is 3.48. The summed E-state index contributed by atoms with van der Waals surface area (Å²) in [6.45, 7) is 1.40. The topological polar surface area (TPSA) is 73.0 Å². The highest BCUT2D eigenvalue weighted by Crippen LogP contribution is 2.24. The van der Waals surface area contributed by atoms with Crippen LogP contribution in [0.15, 0.2) is 28.0 Å². The van der Waals surface area contributed by atoms with Crippen LogP contribution in [-0.4, -0.2) is 31.9 Å². The number of rotatable bonds is 3. The van der Waals surface area contributed by atoms with Crippen LogP contribution >= 0.6 is 0 Å². The molecule has 1 unspecified atom stereocenters. The Hall–Kier alpha value is -2.44. The molecular weight excluding hydrogens is 318 g/mol. The molecule has 1 aliphatic carbocycles. The van der Waals surface area contributed by atoms with Crippen molar-refractivity contribution in [1.29, 1.82) is 0 Å². The van der Waals surface area contributed by atoms with E-state index in [1.165, 1.54) is 4.57 Å². The summed E-state index contributed by atoms with van der Waals surface area (Å²) in [5.74, 6) is 0.691. The van der Waals surface area contributed by atoms with Crippen molar-refractivity contribution in [3.63, 3.8) is 0 Å². The lowest BCUT2D eigenvalue weighted by atomic mass is 9.97. The van der Waals surface area contributed by atoms with E-state index in [1.807, 2.05) is 0 Å². The molecule has 0 amide bonds. The highest BCUT2D eigenvalue weighted by Gasteiger charge is 2.27. The van der Waals surface area contributed by atoms with E-state index >= 15 is 0 Å². The summed E-state index contributed by atoms with van der Waals surface area (Å²) in [6.07, 6.45) is 7.76. The lowest BCUT2D eigenvalue weighted by Gasteiger charge is -2.26. The molecule has 3 heterocycles. The van der Waals surface area contributed by atoms with Crippen molar-refractivity contribution in [3.8, 4) is 0 Å². The normalized spacial score (nSPS) is 19.9. The molecule has 0 aromatic carbocycles. The number of hydrogen-bond acceptors (Lipinski definition) is 5. The van der Waals surface area contributed by atoms with Gasteiger partial charge in [0.05, 0.1) is 24.6 Å². The molecule has 0 N–H and O–H groups in total. The summed E-state index contributed by atoms with van der Waals surface area (Å²) >= 11 is 0. The van der Waals surface area contributed by atoms with E-state index in [9.17, 15) is 9.59 Å². The van der Waals surface area contributed by atoms with Crippen LogP contribution in [0.3, 0.4) is 0 Å². The van der Waals surface area contributed by atoms with Gasteiger partial charge in [0.15, 0.2) is 0 Å². The van der Waals surface area contributed by atoms with Gasteiger partial charge in [-0.2, -0.15) is 5.10 Å². The summed E-state index contributed by atoms with van der Waals surface area (Å²) in [5, 5.41) is 4.63. The highest BCUT2D eigenvalue weighted by molar-refractivity contribution is 5.39. The first-order chi connectivity index (χ1) is 12.1. The van der Waals surface area contributed by atoms with Crippen LogP contribution in [0.1, 0.15) is 36.9 Å². The minimum absolute atomic E-state index is 0.0237. The average Bonchev–Trinajstić information content (AvgIpc) is 3.06. The molecule has 1 atom stereocenters. The Morgan fingerprint density at radius 1 is 1.12 bits per heavy atom. The van der Waals surface area contributed by atoms with Crippen molar-refractivity contribution in [2.24, 2.45) is 7.05 Å². The lowest BCUT2D eigenvalue weighted by molar-refractivity contribution is 0.472. The minimum Gasteiger partial charge on any atom is -0.352 e. The minimum atomic E-state index is -0.0697. The fourth-order valence-corrected chi connectivity index (χ4v) is 3.87. The van der Waals surface area contributed by atoms with Crippen molar-refractivity contribution >= 4 is 5.82 Å². The number of aromatic nitrogens is 4. The number of fused-ring (bicyclic) bond motifs is 1. The second-order valence-corrected chi connectivity index (χ2v) is 7.03. The monoisotopic (exact) mass is 341 g/mol. The first-order valence-corrected chi connectivity index (χ1v) is 9.01. The first-order valence-electron chi connectivity index (χ1n) is 9.01. The SMILES string of the molecule is Cn1cnc(N2CCCC2Cn2nc3c(cc2=O)CCCC3)cc1=O. The van der Waals surface area contributed by atoms with E-state index in [0.717, 1.165) is 56.3 Å². The molecule has 2 aromatic heterocycles. The highest BCUT2D eigenvalue weighted by atomic mass is 16.1. The van der Waals surface area contributed by atoms with Crippen LogP contribution in [-0.2, 0) is 26.4 Å². The summed E-state index contributed by atoms with van der Waals surface area (Å²) < 4.78 is 3.07. The zero-order valence-electron chi connectivity index (χ0n) is 14.5. The third kappa shape index (κ3) is 3.10. The van der Waals surface area contributed by atoms with Crippen LogP contribution in [0.4, 0.5) is 5.82 Å². The molecule has 2 aromatic rings. The van der Waals surface area contributed by atoms with Crippen LogP contribution in [0.2, 0.25) is 0 Å². The number of nitrogens with zero attached hydrogens (tertiary/aromatic N) is 5. The summed E-state index contributed by atoms with van der Waals surface area (Å²) in [5.41, 5.74) is 2.09. The largest absolute Gasteiger partial charge is 0.352 e. The summed E-state index contributed by atoms with van der Waals surface area (Å²) in [7, 11) is 1.69. The molecule has 1 aliphatic heterocycles. The quantitative estimate of drug-likeness (QED) is 0.829. The second-order valence-electron chi connectivity index (χ2n) is 7.03. The van der Waals surface area contributed by atoms with Gasteiger partial charge in [-0.3, -0.25) is 9.59 Å². The van der Waals surface area contributed by atoms with Crippen molar-refractivity contribution < 1.29 is 0 Å². The van der Waals surface area contributed by atoms with Gasteiger partial charge in [-0.25, -0.2) is 9.67 Å². The Labute approximate surface area is 145 Å². The Bertz CT molecular complexity index is 901. The molecule has 1 saturated heterocycles. The van der Waals surface area contributed by atoms with Crippen molar-refractivity contribution in [1.82, 2.24) is 19.3 Å². The number of aryl methyl sites for hydroxylation is 3. The van der Waals surface area contributed by atoms with E-state index in [0.29, 0.717) is 12.4 Å². The van der Waals surface area contributed by atoms with Gasteiger partial charge in [-0.05, 0) is 44.1 Å². The molecular formula is C18H23N5O2. The predicted molar refractivity (Wildman–Crippen MR) is 95.0 cm³/mol. The van der Waals surface area contributed by atoms with Crippen molar-refractivity contribution in [3.05, 3.63) is 50.4 Å². The van der Waals surface area contributed by atoms with Crippen LogP contribution in [0, 0.1) is 0 Å². The van der Waals surface area contributed by atoms with Crippen molar-refractivity contribution in [2.45, 2.75) is 51.1 Å². The van der Waals surface area contributed by atoms with Gasteiger partial charge in [0.25, 0.3) is 11.1 Å². The molecule has 25 heavy (non-hydrogen) atoms. The van der Waals surface area contributed by atoms with E-state index in [-0.39, 0.29) is 17.2 Å². The molecule has 7 heteroatoms. The van der Waals surface area contributed by atoms with Crippen LogP contribution in [0.5, 0.6) is 0 Å². The van der Waals surface area contributed by atoms with Gasteiger partial charge in [0, 0.05) is 25.7 Å². The van der Waals surface area contributed by atoms with E-state index in [1.54, 1.807) is 30.2 Å².